The van der Waals surface area contributed by atoms with E-state index in [-0.39, 0.29) is 5.91 Å². The third-order valence-electron chi connectivity index (χ3n) is 5.53. The molecule has 3 nitrogen and oxygen atoms in total. The lowest BCUT2D eigenvalue weighted by molar-refractivity contribution is -0.133. The van der Waals surface area contributed by atoms with E-state index in [1.807, 2.05) is 41.3 Å². The number of carbonyl (C=O) groups excluding carboxylic acids is 1. The van der Waals surface area contributed by atoms with Crippen LogP contribution in [0.4, 0.5) is 0 Å². The molecule has 3 aromatic rings. The van der Waals surface area contributed by atoms with Crippen molar-refractivity contribution in [1.29, 1.82) is 0 Å². The minimum Gasteiger partial charge on any atom is -0.333 e. The average Bonchev–Trinajstić information content (AvgIpc) is 3.18. The van der Waals surface area contributed by atoms with Gasteiger partial charge in [-0.3, -0.25) is 4.79 Å². The van der Waals surface area contributed by atoms with E-state index in [2.05, 4.69) is 49.4 Å². The first-order valence-electron chi connectivity index (χ1n) is 10.1. The second kappa shape index (κ2) is 8.86. The molecule has 0 aliphatic carbocycles. The predicted octanol–water partition coefficient (Wildman–Crippen LogP) is 5.23. The van der Waals surface area contributed by atoms with Gasteiger partial charge < -0.3 is 10.6 Å². The van der Waals surface area contributed by atoms with Gasteiger partial charge >= 0.3 is 0 Å². The van der Waals surface area contributed by atoms with Crippen molar-refractivity contribution in [2.45, 2.75) is 32.5 Å². The molecular formula is C26H25ClN2O. The standard InChI is InChI=1S/C26H25ClN2O/c1-18-6-8-19(9-7-18)10-11-20-12-13-21(24(27)14-20)15-25(28)26(30)29-16-22-4-2-3-5-23(22)17-29/h2-14,25H,15-17,28H2,1H3. The molecule has 4 rings (SSSR count). The number of hydrogen-bond acceptors (Lipinski definition) is 2. The lowest BCUT2D eigenvalue weighted by atomic mass is 10.0. The monoisotopic (exact) mass is 416 g/mol. The largest absolute Gasteiger partial charge is 0.333 e. The van der Waals surface area contributed by atoms with Crippen LogP contribution >= 0.6 is 11.6 Å². The summed E-state index contributed by atoms with van der Waals surface area (Å²) in [5.41, 5.74) is 12.9. The summed E-state index contributed by atoms with van der Waals surface area (Å²) in [4.78, 5) is 14.6. The average molecular weight is 417 g/mol. The molecule has 0 bridgehead atoms. The van der Waals surface area contributed by atoms with Gasteiger partial charge in [0.15, 0.2) is 0 Å². The van der Waals surface area contributed by atoms with Crippen molar-refractivity contribution in [3.05, 3.63) is 105 Å². The minimum atomic E-state index is -0.606. The molecule has 4 heteroatoms. The van der Waals surface area contributed by atoms with E-state index < -0.39 is 6.04 Å². The summed E-state index contributed by atoms with van der Waals surface area (Å²) in [6.07, 6.45) is 4.52. The Morgan fingerprint density at radius 2 is 1.60 bits per heavy atom. The minimum absolute atomic E-state index is 0.0365. The zero-order chi connectivity index (χ0) is 21.1. The number of hydrogen-bond donors (Lipinski definition) is 1. The highest BCUT2D eigenvalue weighted by molar-refractivity contribution is 6.31. The summed E-state index contributed by atoms with van der Waals surface area (Å²) < 4.78 is 0. The van der Waals surface area contributed by atoms with Crippen molar-refractivity contribution in [3.8, 4) is 0 Å². The summed E-state index contributed by atoms with van der Waals surface area (Å²) in [6, 6.07) is 21.8. The van der Waals surface area contributed by atoms with Crippen LogP contribution in [0.3, 0.4) is 0 Å². The molecule has 1 aliphatic heterocycles. The van der Waals surface area contributed by atoms with Crippen LogP contribution in [-0.2, 0) is 24.3 Å². The van der Waals surface area contributed by atoms with Crippen LogP contribution in [0.15, 0.2) is 66.7 Å². The maximum atomic E-state index is 12.8. The maximum Gasteiger partial charge on any atom is 0.240 e. The van der Waals surface area contributed by atoms with Crippen molar-refractivity contribution < 1.29 is 4.79 Å². The summed E-state index contributed by atoms with van der Waals surface area (Å²) in [5.74, 6) is -0.0365. The van der Waals surface area contributed by atoms with Crippen molar-refractivity contribution in [1.82, 2.24) is 4.90 Å². The van der Waals surface area contributed by atoms with Crippen LogP contribution in [0.5, 0.6) is 0 Å². The molecule has 0 saturated carbocycles. The summed E-state index contributed by atoms with van der Waals surface area (Å²) >= 11 is 6.50. The number of amides is 1. The number of halogens is 1. The van der Waals surface area contributed by atoms with Gasteiger partial charge in [0.05, 0.1) is 6.04 Å². The molecule has 0 saturated heterocycles. The molecule has 1 aliphatic rings. The highest BCUT2D eigenvalue weighted by Crippen LogP contribution is 2.25. The van der Waals surface area contributed by atoms with Crippen LogP contribution in [-0.4, -0.2) is 16.8 Å². The Balaban J connectivity index is 1.40. The summed E-state index contributed by atoms with van der Waals surface area (Å²) in [5, 5.41) is 0.633. The maximum absolute atomic E-state index is 12.8. The Labute approximate surface area is 182 Å². The van der Waals surface area contributed by atoms with Crippen molar-refractivity contribution in [3.63, 3.8) is 0 Å². The van der Waals surface area contributed by atoms with Gasteiger partial charge in [-0.05, 0) is 47.2 Å². The summed E-state index contributed by atoms with van der Waals surface area (Å²) in [6.45, 7) is 3.32. The quantitative estimate of drug-likeness (QED) is 0.579. The molecule has 0 aromatic heterocycles. The number of rotatable bonds is 5. The second-order valence-electron chi connectivity index (χ2n) is 7.87. The van der Waals surface area contributed by atoms with Crippen molar-refractivity contribution in [2.24, 2.45) is 5.73 Å². The smallest absolute Gasteiger partial charge is 0.240 e. The normalized spacial score (nSPS) is 14.2. The van der Waals surface area contributed by atoms with Gasteiger partial charge in [0, 0.05) is 18.1 Å². The molecule has 1 heterocycles. The predicted molar refractivity (Wildman–Crippen MR) is 124 cm³/mol. The fourth-order valence-corrected chi connectivity index (χ4v) is 4.02. The van der Waals surface area contributed by atoms with Gasteiger partial charge in [0.1, 0.15) is 0 Å². The second-order valence-corrected chi connectivity index (χ2v) is 8.28. The molecule has 152 valence electrons. The highest BCUT2D eigenvalue weighted by Gasteiger charge is 2.27. The van der Waals surface area contributed by atoms with Crippen LogP contribution in [0.2, 0.25) is 5.02 Å². The van der Waals surface area contributed by atoms with E-state index in [0.717, 1.165) is 16.7 Å². The topological polar surface area (TPSA) is 46.3 Å². The Bertz CT molecular complexity index is 1060. The van der Waals surface area contributed by atoms with E-state index in [0.29, 0.717) is 24.5 Å². The molecule has 1 amide bonds. The molecule has 0 spiro atoms. The molecule has 0 fully saturated rings. The fourth-order valence-electron chi connectivity index (χ4n) is 3.75. The van der Waals surface area contributed by atoms with Gasteiger partial charge in [0.2, 0.25) is 5.91 Å². The van der Waals surface area contributed by atoms with E-state index >= 15 is 0 Å². The molecule has 2 N–H and O–H groups in total. The van der Waals surface area contributed by atoms with Crippen LogP contribution in [0.25, 0.3) is 12.2 Å². The Morgan fingerprint density at radius 1 is 1.00 bits per heavy atom. The summed E-state index contributed by atoms with van der Waals surface area (Å²) in [7, 11) is 0. The fraction of sp³-hybridized carbons (Fsp3) is 0.192. The lowest BCUT2D eigenvalue weighted by Crippen LogP contribution is -2.42. The van der Waals surface area contributed by atoms with Gasteiger partial charge in [-0.15, -0.1) is 0 Å². The molecule has 0 radical (unpaired) electrons. The van der Waals surface area contributed by atoms with Crippen LogP contribution in [0.1, 0.15) is 33.4 Å². The number of carbonyl (C=O) groups is 1. The van der Waals surface area contributed by atoms with Crippen LogP contribution < -0.4 is 5.73 Å². The zero-order valence-electron chi connectivity index (χ0n) is 17.0. The molecule has 1 atom stereocenters. The van der Waals surface area contributed by atoms with Gasteiger partial charge in [-0.1, -0.05) is 90.0 Å². The number of fused-ring (bicyclic) bond motifs is 1. The molecule has 30 heavy (non-hydrogen) atoms. The van der Waals surface area contributed by atoms with Gasteiger partial charge in [-0.25, -0.2) is 0 Å². The third kappa shape index (κ3) is 4.64. The Hall–Kier alpha value is -2.88. The van der Waals surface area contributed by atoms with Crippen LogP contribution in [0, 0.1) is 6.92 Å². The number of aryl methyl sites for hydroxylation is 1. The first-order chi connectivity index (χ1) is 14.5. The van der Waals surface area contributed by atoms with E-state index in [9.17, 15) is 4.79 Å². The Kier molecular flexibility index (Phi) is 6.03. The van der Waals surface area contributed by atoms with E-state index in [1.54, 1.807) is 0 Å². The van der Waals surface area contributed by atoms with Crippen molar-refractivity contribution in [2.75, 3.05) is 0 Å². The van der Waals surface area contributed by atoms with E-state index in [1.165, 1.54) is 16.7 Å². The van der Waals surface area contributed by atoms with Crippen molar-refractivity contribution >= 4 is 29.7 Å². The van der Waals surface area contributed by atoms with Gasteiger partial charge in [-0.2, -0.15) is 0 Å². The lowest BCUT2D eigenvalue weighted by Gasteiger charge is -2.20. The first-order valence-corrected chi connectivity index (χ1v) is 10.5. The SMILES string of the molecule is Cc1ccc(C=Cc2ccc(CC(N)C(=O)N3Cc4ccccc4C3)c(Cl)c2)cc1. The highest BCUT2D eigenvalue weighted by atomic mass is 35.5. The number of nitrogens with zero attached hydrogens (tertiary/aromatic N) is 1. The zero-order valence-corrected chi connectivity index (χ0v) is 17.8. The molecule has 1 unspecified atom stereocenters. The number of benzene rings is 3. The molecular weight excluding hydrogens is 392 g/mol. The third-order valence-corrected chi connectivity index (χ3v) is 5.88. The molecule has 3 aromatic carbocycles. The number of nitrogens with two attached hydrogens (primary N) is 1. The van der Waals surface area contributed by atoms with E-state index in [4.69, 9.17) is 17.3 Å². The van der Waals surface area contributed by atoms with Gasteiger partial charge in [0.25, 0.3) is 0 Å². The first kappa shape index (κ1) is 20.4. The Morgan fingerprint density at radius 3 is 2.23 bits per heavy atom.